The number of ketones is 1. The zero-order valence-corrected chi connectivity index (χ0v) is 11.3. The van der Waals surface area contributed by atoms with E-state index in [-0.39, 0.29) is 23.8 Å². The number of benzene rings is 2. The van der Waals surface area contributed by atoms with E-state index in [1.54, 1.807) is 25.1 Å². The van der Waals surface area contributed by atoms with Crippen molar-refractivity contribution in [1.82, 2.24) is 0 Å². The first-order valence-corrected chi connectivity index (χ1v) is 6.51. The Morgan fingerprint density at radius 2 is 1.90 bits per heavy atom. The predicted octanol–water partition coefficient (Wildman–Crippen LogP) is 4.44. The van der Waals surface area contributed by atoms with Crippen LogP contribution in [0.25, 0.3) is 11.0 Å². The monoisotopic (exact) mass is 286 g/mol. The third-order valence-corrected chi connectivity index (χ3v) is 3.46. The van der Waals surface area contributed by atoms with Gasteiger partial charge in [0.1, 0.15) is 17.2 Å². The molecule has 106 valence electrons. The fraction of sp³-hybridized carbons (Fsp3) is 0.118. The molecule has 4 heteroatoms. The second-order valence-electron chi connectivity index (χ2n) is 4.89. The van der Waals surface area contributed by atoms with Crippen LogP contribution in [0.3, 0.4) is 0 Å². The molecule has 3 rings (SSSR count). The molecule has 0 aliphatic heterocycles. The van der Waals surface area contributed by atoms with Gasteiger partial charge in [-0.25, -0.2) is 8.78 Å². The number of carbonyl (C=O) groups excluding carboxylic acids is 1. The number of fused-ring (bicyclic) bond motifs is 1. The van der Waals surface area contributed by atoms with E-state index in [1.807, 2.05) is 0 Å². The van der Waals surface area contributed by atoms with E-state index < -0.39 is 5.82 Å². The van der Waals surface area contributed by atoms with Gasteiger partial charge in [-0.2, -0.15) is 0 Å². The van der Waals surface area contributed by atoms with Crippen molar-refractivity contribution in [2.45, 2.75) is 13.3 Å². The van der Waals surface area contributed by atoms with E-state index in [4.69, 9.17) is 4.42 Å². The molecular formula is C17H12F2O2. The number of furan rings is 1. The summed E-state index contributed by atoms with van der Waals surface area (Å²) in [5.74, 6) is -0.988. The number of halogens is 2. The molecule has 0 radical (unpaired) electrons. The number of aryl methyl sites for hydroxylation is 1. The van der Waals surface area contributed by atoms with Crippen molar-refractivity contribution >= 4 is 16.8 Å². The van der Waals surface area contributed by atoms with E-state index in [0.717, 1.165) is 0 Å². The van der Waals surface area contributed by atoms with Crippen molar-refractivity contribution in [3.05, 3.63) is 71.0 Å². The van der Waals surface area contributed by atoms with Crippen LogP contribution in [0, 0.1) is 18.6 Å². The highest BCUT2D eigenvalue weighted by atomic mass is 19.1. The maximum Gasteiger partial charge on any atom is 0.202 e. The van der Waals surface area contributed by atoms with E-state index in [1.165, 1.54) is 24.3 Å². The van der Waals surface area contributed by atoms with Crippen molar-refractivity contribution in [2.24, 2.45) is 0 Å². The van der Waals surface area contributed by atoms with E-state index in [2.05, 4.69) is 0 Å². The lowest BCUT2D eigenvalue weighted by Crippen LogP contribution is -2.05. The van der Waals surface area contributed by atoms with E-state index in [9.17, 15) is 13.6 Å². The third kappa shape index (κ3) is 2.44. The summed E-state index contributed by atoms with van der Waals surface area (Å²) in [4.78, 5) is 12.3. The first kappa shape index (κ1) is 13.5. The van der Waals surface area contributed by atoms with Crippen molar-refractivity contribution < 1.29 is 18.0 Å². The normalized spacial score (nSPS) is 11.0. The molecule has 0 amide bonds. The third-order valence-electron chi connectivity index (χ3n) is 3.46. The molecule has 3 aromatic rings. The lowest BCUT2D eigenvalue weighted by Gasteiger charge is -2.01. The van der Waals surface area contributed by atoms with Crippen molar-refractivity contribution in [1.29, 1.82) is 0 Å². The van der Waals surface area contributed by atoms with Crippen molar-refractivity contribution in [2.75, 3.05) is 0 Å². The molecule has 21 heavy (non-hydrogen) atoms. The molecule has 0 unspecified atom stereocenters. The van der Waals surface area contributed by atoms with Crippen LogP contribution in [0.2, 0.25) is 0 Å². The van der Waals surface area contributed by atoms with Gasteiger partial charge in [0, 0.05) is 17.4 Å². The molecule has 0 aliphatic rings. The molecule has 0 N–H and O–H groups in total. The second kappa shape index (κ2) is 5.13. The zero-order valence-electron chi connectivity index (χ0n) is 11.3. The average molecular weight is 286 g/mol. The first-order valence-electron chi connectivity index (χ1n) is 6.51. The highest BCUT2D eigenvalue weighted by molar-refractivity contribution is 6.01. The molecule has 2 nitrogen and oxygen atoms in total. The van der Waals surface area contributed by atoms with Gasteiger partial charge in [0.2, 0.25) is 5.78 Å². The summed E-state index contributed by atoms with van der Waals surface area (Å²) in [6.07, 6.45) is -0.0875. The molecular weight excluding hydrogens is 274 g/mol. The second-order valence-corrected chi connectivity index (χ2v) is 4.89. The standard InChI is InChI=1S/C17H12F2O2/c1-10-13-9-12(18)6-7-16(13)21-17(10)15(20)8-11-4-2-3-5-14(11)19/h2-7,9H,8H2,1H3. The van der Waals surface area contributed by atoms with Gasteiger partial charge in [-0.05, 0) is 36.8 Å². The van der Waals surface area contributed by atoms with Gasteiger partial charge < -0.3 is 4.42 Å². The molecule has 2 aromatic carbocycles. The summed E-state index contributed by atoms with van der Waals surface area (Å²) in [6.45, 7) is 1.69. The van der Waals surface area contributed by atoms with Crippen LogP contribution >= 0.6 is 0 Å². The maximum atomic E-state index is 13.6. The van der Waals surface area contributed by atoms with Gasteiger partial charge in [-0.15, -0.1) is 0 Å². The van der Waals surface area contributed by atoms with Gasteiger partial charge in [0.05, 0.1) is 0 Å². The van der Waals surface area contributed by atoms with Crippen LogP contribution in [0.15, 0.2) is 46.9 Å². The molecule has 0 saturated heterocycles. The van der Waals surface area contributed by atoms with E-state index >= 15 is 0 Å². The highest BCUT2D eigenvalue weighted by Crippen LogP contribution is 2.27. The molecule has 0 bridgehead atoms. The van der Waals surface area contributed by atoms with Gasteiger partial charge in [-0.3, -0.25) is 4.79 Å². The molecule has 0 atom stereocenters. The number of rotatable bonds is 3. The molecule has 0 fully saturated rings. The SMILES string of the molecule is Cc1c(C(=O)Cc2ccccc2F)oc2ccc(F)cc12. The highest BCUT2D eigenvalue weighted by Gasteiger charge is 2.19. The summed E-state index contributed by atoms with van der Waals surface area (Å²) in [5.41, 5.74) is 1.34. The van der Waals surface area contributed by atoms with Gasteiger partial charge in [0.15, 0.2) is 5.76 Å². The maximum absolute atomic E-state index is 13.6. The molecule has 0 aliphatic carbocycles. The Morgan fingerprint density at radius 3 is 2.67 bits per heavy atom. The summed E-state index contributed by atoms with van der Waals surface area (Å²) >= 11 is 0. The fourth-order valence-corrected chi connectivity index (χ4v) is 2.35. The molecule has 0 spiro atoms. The lowest BCUT2D eigenvalue weighted by atomic mass is 10.0. The Hall–Kier alpha value is -2.49. The number of carbonyl (C=O) groups is 1. The quantitative estimate of drug-likeness (QED) is 0.666. The van der Waals surface area contributed by atoms with Gasteiger partial charge >= 0.3 is 0 Å². The average Bonchev–Trinajstić information content (AvgIpc) is 2.79. The Labute approximate surface area is 120 Å². The Morgan fingerprint density at radius 1 is 1.14 bits per heavy atom. The van der Waals surface area contributed by atoms with Crippen LogP contribution in [0.4, 0.5) is 8.78 Å². The number of hydrogen-bond acceptors (Lipinski definition) is 2. The van der Waals surface area contributed by atoms with Crippen LogP contribution in [-0.4, -0.2) is 5.78 Å². The fourth-order valence-electron chi connectivity index (χ4n) is 2.35. The van der Waals surface area contributed by atoms with Crippen LogP contribution in [0.5, 0.6) is 0 Å². The largest absolute Gasteiger partial charge is 0.453 e. The molecule has 1 aromatic heterocycles. The van der Waals surface area contributed by atoms with E-state index in [0.29, 0.717) is 22.1 Å². The minimum Gasteiger partial charge on any atom is -0.453 e. The lowest BCUT2D eigenvalue weighted by molar-refractivity contribution is 0.0966. The van der Waals surface area contributed by atoms with Crippen LogP contribution < -0.4 is 0 Å². The molecule has 0 saturated carbocycles. The van der Waals surface area contributed by atoms with Crippen LogP contribution in [-0.2, 0) is 6.42 Å². The molecule has 1 heterocycles. The predicted molar refractivity (Wildman–Crippen MR) is 75.3 cm³/mol. The van der Waals surface area contributed by atoms with Crippen molar-refractivity contribution in [3.63, 3.8) is 0 Å². The van der Waals surface area contributed by atoms with Gasteiger partial charge in [0.25, 0.3) is 0 Å². The summed E-state index contributed by atoms with van der Waals surface area (Å²) in [6, 6.07) is 10.2. The van der Waals surface area contributed by atoms with Crippen LogP contribution in [0.1, 0.15) is 21.7 Å². The summed E-state index contributed by atoms with van der Waals surface area (Å²) in [5, 5.41) is 0.562. The Bertz CT molecular complexity index is 834. The topological polar surface area (TPSA) is 30.2 Å². The minimum absolute atomic E-state index is 0.0875. The zero-order chi connectivity index (χ0) is 15.0. The van der Waals surface area contributed by atoms with Gasteiger partial charge in [-0.1, -0.05) is 18.2 Å². The smallest absolute Gasteiger partial charge is 0.202 e. The summed E-state index contributed by atoms with van der Waals surface area (Å²) in [7, 11) is 0. The first-order chi connectivity index (χ1) is 10.1. The number of hydrogen-bond donors (Lipinski definition) is 0. The minimum atomic E-state index is -0.425. The Balaban J connectivity index is 1.99. The van der Waals surface area contributed by atoms with Crippen molar-refractivity contribution in [3.8, 4) is 0 Å². The number of Topliss-reactive ketones (excluding diaryl/α,β-unsaturated/α-hetero) is 1. The summed E-state index contributed by atoms with van der Waals surface area (Å²) < 4.78 is 32.3. The Kier molecular flexibility index (Phi) is 3.29.